The minimum absolute atomic E-state index is 0.194. The summed E-state index contributed by atoms with van der Waals surface area (Å²) in [7, 11) is 0. The van der Waals surface area contributed by atoms with Crippen LogP contribution in [0, 0.1) is 5.82 Å². The largest absolute Gasteiger partial charge is 0.380 e. The molecule has 0 atom stereocenters. The first-order valence-corrected chi connectivity index (χ1v) is 8.46. The molecule has 0 aliphatic carbocycles. The van der Waals surface area contributed by atoms with Gasteiger partial charge in [0.05, 0.1) is 0 Å². The fourth-order valence-corrected chi connectivity index (χ4v) is 3.55. The first kappa shape index (κ1) is 14.5. The molecule has 2 nitrogen and oxygen atoms in total. The van der Waals surface area contributed by atoms with E-state index in [1.54, 1.807) is 23.5 Å². The summed E-state index contributed by atoms with van der Waals surface area (Å²) >= 11 is 1.80. The Balaban J connectivity index is 1.51. The summed E-state index contributed by atoms with van der Waals surface area (Å²) in [5.74, 6) is -0.194. The van der Waals surface area contributed by atoms with Crippen LogP contribution in [-0.4, -0.2) is 18.0 Å². The molecule has 1 aromatic carbocycles. The lowest BCUT2D eigenvalue weighted by atomic mass is 10.1. The van der Waals surface area contributed by atoms with Crippen molar-refractivity contribution in [3.63, 3.8) is 0 Å². The highest BCUT2D eigenvalue weighted by atomic mass is 32.1. The first-order chi connectivity index (χ1) is 10.3. The van der Waals surface area contributed by atoms with Crippen molar-refractivity contribution in [3.05, 3.63) is 52.0 Å². The lowest BCUT2D eigenvalue weighted by molar-refractivity contribution is 0.221. The van der Waals surface area contributed by atoms with E-state index in [4.69, 9.17) is 0 Å². The van der Waals surface area contributed by atoms with Crippen LogP contribution < -0.4 is 5.32 Å². The summed E-state index contributed by atoms with van der Waals surface area (Å²) in [5.41, 5.74) is 2.38. The predicted molar refractivity (Wildman–Crippen MR) is 87.2 cm³/mol. The van der Waals surface area contributed by atoms with E-state index in [1.807, 2.05) is 0 Å². The summed E-state index contributed by atoms with van der Waals surface area (Å²) in [6.45, 7) is 4.35. The number of rotatable bonds is 5. The van der Waals surface area contributed by atoms with Gasteiger partial charge >= 0.3 is 0 Å². The highest BCUT2D eigenvalue weighted by Gasteiger charge is 2.11. The van der Waals surface area contributed by atoms with E-state index in [0.717, 1.165) is 18.8 Å². The number of likely N-dealkylation sites (tertiary alicyclic amines) is 1. The molecule has 112 valence electrons. The Kier molecular flexibility index (Phi) is 4.88. The van der Waals surface area contributed by atoms with Crippen LogP contribution in [-0.2, 0) is 13.1 Å². The molecule has 0 radical (unpaired) electrons. The molecular weight excluding hydrogens is 283 g/mol. The highest BCUT2D eigenvalue weighted by molar-refractivity contribution is 7.10. The fourth-order valence-electron chi connectivity index (χ4n) is 2.73. The second kappa shape index (κ2) is 7.05. The van der Waals surface area contributed by atoms with Gasteiger partial charge in [-0.25, -0.2) is 4.39 Å². The average Bonchev–Trinajstić information content (AvgIpc) is 2.95. The van der Waals surface area contributed by atoms with Crippen LogP contribution in [0.2, 0.25) is 0 Å². The summed E-state index contributed by atoms with van der Waals surface area (Å²) < 4.78 is 12.8. The highest BCUT2D eigenvalue weighted by Crippen LogP contribution is 2.20. The Morgan fingerprint density at radius 1 is 1.10 bits per heavy atom. The SMILES string of the molecule is Fc1ccc(NCc2cc(CN3CCCCC3)cs2)cc1. The van der Waals surface area contributed by atoms with Crippen molar-refractivity contribution < 1.29 is 4.39 Å². The maximum Gasteiger partial charge on any atom is 0.123 e. The third kappa shape index (κ3) is 4.29. The van der Waals surface area contributed by atoms with Crippen molar-refractivity contribution in [2.24, 2.45) is 0 Å². The lowest BCUT2D eigenvalue weighted by Crippen LogP contribution is -2.28. The molecule has 3 rings (SSSR count). The molecule has 1 aromatic heterocycles. The smallest absolute Gasteiger partial charge is 0.123 e. The summed E-state index contributed by atoms with van der Waals surface area (Å²) in [4.78, 5) is 3.87. The van der Waals surface area contributed by atoms with Crippen molar-refractivity contribution in [3.8, 4) is 0 Å². The van der Waals surface area contributed by atoms with E-state index >= 15 is 0 Å². The molecule has 0 saturated carbocycles. The van der Waals surface area contributed by atoms with Gasteiger partial charge in [0.2, 0.25) is 0 Å². The van der Waals surface area contributed by atoms with Gasteiger partial charge in [0.15, 0.2) is 0 Å². The van der Waals surface area contributed by atoms with E-state index < -0.39 is 0 Å². The standard InChI is InChI=1S/C17H21FN2S/c18-15-4-6-16(7-5-15)19-11-17-10-14(13-21-17)12-20-8-2-1-3-9-20/h4-7,10,13,19H,1-3,8-9,11-12H2. The zero-order valence-corrected chi connectivity index (χ0v) is 13.0. The van der Waals surface area contributed by atoms with Crippen LogP contribution >= 0.6 is 11.3 Å². The fraction of sp³-hybridized carbons (Fsp3) is 0.412. The van der Waals surface area contributed by atoms with Crippen LogP contribution in [0.1, 0.15) is 29.7 Å². The second-order valence-corrected chi connectivity index (χ2v) is 6.61. The molecule has 0 amide bonds. The number of anilines is 1. The molecule has 4 heteroatoms. The van der Waals surface area contributed by atoms with Crippen LogP contribution in [0.25, 0.3) is 0 Å². The Morgan fingerprint density at radius 3 is 2.62 bits per heavy atom. The Bertz CT molecular complexity index is 558. The molecule has 0 spiro atoms. The zero-order chi connectivity index (χ0) is 14.5. The number of nitrogens with zero attached hydrogens (tertiary/aromatic N) is 1. The van der Waals surface area contributed by atoms with Crippen LogP contribution in [0.5, 0.6) is 0 Å². The van der Waals surface area contributed by atoms with Crippen molar-refractivity contribution in [2.45, 2.75) is 32.4 Å². The van der Waals surface area contributed by atoms with Gasteiger partial charge in [-0.15, -0.1) is 11.3 Å². The van der Waals surface area contributed by atoms with Gasteiger partial charge in [-0.3, -0.25) is 4.90 Å². The Hall–Kier alpha value is -1.39. The number of piperidine rings is 1. The molecule has 1 aliphatic heterocycles. The van der Waals surface area contributed by atoms with E-state index in [2.05, 4.69) is 21.7 Å². The third-order valence-electron chi connectivity index (χ3n) is 3.87. The van der Waals surface area contributed by atoms with E-state index in [-0.39, 0.29) is 5.82 Å². The monoisotopic (exact) mass is 304 g/mol. The zero-order valence-electron chi connectivity index (χ0n) is 12.1. The number of hydrogen-bond acceptors (Lipinski definition) is 3. The van der Waals surface area contributed by atoms with Crippen LogP contribution in [0.15, 0.2) is 35.7 Å². The van der Waals surface area contributed by atoms with E-state index in [1.165, 1.54) is 54.9 Å². The normalized spacial score (nSPS) is 16.0. The average molecular weight is 304 g/mol. The van der Waals surface area contributed by atoms with Crippen LogP contribution in [0.3, 0.4) is 0 Å². The summed E-state index contributed by atoms with van der Waals surface area (Å²) in [6, 6.07) is 8.81. The molecular formula is C17H21FN2S. The van der Waals surface area contributed by atoms with Gasteiger partial charge in [-0.2, -0.15) is 0 Å². The molecule has 2 aromatic rings. The second-order valence-electron chi connectivity index (χ2n) is 5.62. The number of halogens is 1. The summed E-state index contributed by atoms with van der Waals surface area (Å²) in [6.07, 6.45) is 4.05. The van der Waals surface area contributed by atoms with Gasteiger partial charge in [-0.1, -0.05) is 6.42 Å². The molecule has 1 aliphatic rings. The predicted octanol–water partition coefficient (Wildman–Crippen LogP) is 4.49. The molecule has 21 heavy (non-hydrogen) atoms. The van der Waals surface area contributed by atoms with E-state index in [9.17, 15) is 4.39 Å². The number of thiophene rings is 1. The molecule has 0 bridgehead atoms. The molecule has 1 N–H and O–H groups in total. The van der Waals surface area contributed by atoms with E-state index in [0.29, 0.717) is 0 Å². The maximum absolute atomic E-state index is 12.8. The van der Waals surface area contributed by atoms with Gasteiger partial charge in [0.1, 0.15) is 5.82 Å². The maximum atomic E-state index is 12.8. The summed E-state index contributed by atoms with van der Waals surface area (Å²) in [5, 5.41) is 5.60. The molecule has 2 heterocycles. The molecule has 1 fully saturated rings. The Labute approximate surface area is 129 Å². The quantitative estimate of drug-likeness (QED) is 0.876. The third-order valence-corrected chi connectivity index (χ3v) is 4.86. The van der Waals surface area contributed by atoms with Crippen molar-refractivity contribution in [1.29, 1.82) is 0 Å². The molecule has 1 saturated heterocycles. The van der Waals surface area contributed by atoms with Gasteiger partial charge < -0.3 is 5.32 Å². The number of benzene rings is 1. The van der Waals surface area contributed by atoms with Crippen molar-refractivity contribution in [2.75, 3.05) is 18.4 Å². The minimum atomic E-state index is -0.194. The van der Waals surface area contributed by atoms with Gasteiger partial charge in [-0.05, 0) is 67.2 Å². The van der Waals surface area contributed by atoms with Gasteiger partial charge in [0, 0.05) is 23.7 Å². The topological polar surface area (TPSA) is 15.3 Å². The number of hydrogen-bond donors (Lipinski definition) is 1. The number of nitrogens with one attached hydrogen (secondary N) is 1. The van der Waals surface area contributed by atoms with Gasteiger partial charge in [0.25, 0.3) is 0 Å². The minimum Gasteiger partial charge on any atom is -0.380 e. The molecule has 0 unspecified atom stereocenters. The Morgan fingerprint density at radius 2 is 1.86 bits per heavy atom. The van der Waals surface area contributed by atoms with Crippen molar-refractivity contribution >= 4 is 17.0 Å². The lowest BCUT2D eigenvalue weighted by Gasteiger charge is -2.25. The van der Waals surface area contributed by atoms with Crippen LogP contribution in [0.4, 0.5) is 10.1 Å². The first-order valence-electron chi connectivity index (χ1n) is 7.58. The van der Waals surface area contributed by atoms with Crippen molar-refractivity contribution in [1.82, 2.24) is 4.90 Å².